The van der Waals surface area contributed by atoms with E-state index in [2.05, 4.69) is 29.4 Å². The van der Waals surface area contributed by atoms with Crippen LogP contribution in [0.15, 0.2) is 53.1 Å². The third kappa shape index (κ3) is 6.03. The number of primary amides is 1. The van der Waals surface area contributed by atoms with Crippen LogP contribution in [0.2, 0.25) is 5.02 Å². The van der Waals surface area contributed by atoms with E-state index in [0.717, 1.165) is 43.8 Å². The molecule has 8 rings (SSSR count). The first kappa shape index (κ1) is 34.0. The number of ether oxygens (including phenoxy) is 2. The van der Waals surface area contributed by atoms with Gasteiger partial charge in [0.25, 0.3) is 5.91 Å². The van der Waals surface area contributed by atoms with Gasteiger partial charge in [0.1, 0.15) is 11.6 Å². The first-order chi connectivity index (χ1) is 25.1. The van der Waals surface area contributed by atoms with Crippen LogP contribution in [0.3, 0.4) is 0 Å². The number of nitrogens with two attached hydrogens (primary N) is 1. The molecule has 52 heavy (non-hydrogen) atoms. The number of methoxy groups -OCH3 is 1. The smallest absolute Gasteiger partial charge is 0.251 e. The van der Waals surface area contributed by atoms with Gasteiger partial charge in [-0.1, -0.05) is 37.6 Å². The number of halogens is 2. The minimum Gasteiger partial charge on any atom is -0.493 e. The Kier molecular flexibility index (Phi) is 8.83. The molecule has 2 aliphatic rings. The van der Waals surface area contributed by atoms with Crippen LogP contribution in [0, 0.1) is 18.7 Å². The van der Waals surface area contributed by atoms with Crippen molar-refractivity contribution < 1.29 is 23.1 Å². The summed E-state index contributed by atoms with van der Waals surface area (Å²) in [5.74, 6) is 1.53. The fourth-order valence-corrected chi connectivity index (χ4v) is 8.86. The summed E-state index contributed by atoms with van der Waals surface area (Å²) in [7, 11) is 1.49. The highest BCUT2D eigenvalue weighted by Crippen LogP contribution is 2.47. The summed E-state index contributed by atoms with van der Waals surface area (Å²) >= 11 is 7.78. The molecule has 3 N–H and O–H groups in total. The van der Waals surface area contributed by atoms with Crippen molar-refractivity contribution in [3.8, 4) is 33.4 Å². The fraction of sp³-hybridized carbons (Fsp3) is 0.308. The molecular weight excluding hydrogens is 703 g/mol. The van der Waals surface area contributed by atoms with Gasteiger partial charge < -0.3 is 24.9 Å². The zero-order valence-electron chi connectivity index (χ0n) is 29.0. The molecule has 13 heteroatoms. The molecule has 0 fully saturated rings. The van der Waals surface area contributed by atoms with Gasteiger partial charge in [-0.05, 0) is 66.5 Å². The molecule has 0 radical (unpaired) electrons. The number of aromatic nitrogens is 4. The number of anilines is 1. The second-order valence-electron chi connectivity index (χ2n) is 13.7. The zero-order chi connectivity index (χ0) is 36.3. The van der Waals surface area contributed by atoms with Gasteiger partial charge in [-0.3, -0.25) is 9.78 Å². The molecule has 0 bridgehead atoms. The monoisotopic (exact) mass is 738 g/mol. The van der Waals surface area contributed by atoms with E-state index in [1.807, 2.05) is 36.4 Å². The Labute approximate surface area is 308 Å². The van der Waals surface area contributed by atoms with Gasteiger partial charge in [-0.15, -0.1) is 21.5 Å². The van der Waals surface area contributed by atoms with Crippen LogP contribution >= 0.6 is 22.9 Å². The lowest BCUT2D eigenvalue weighted by Crippen LogP contribution is -2.20. The molecular formula is C39H36ClFN6O4S. The predicted molar refractivity (Wildman–Crippen MR) is 199 cm³/mol. The fourth-order valence-electron chi connectivity index (χ4n) is 7.53. The molecule has 2 aromatic carbocycles. The Morgan fingerprint density at radius 1 is 1.13 bits per heavy atom. The first-order valence-corrected chi connectivity index (χ1v) is 18.4. The number of hydrogen-bond acceptors (Lipinski definition) is 10. The van der Waals surface area contributed by atoms with E-state index in [-0.39, 0.29) is 35.3 Å². The number of nitrogens with one attached hydrogen (secondary N) is 1. The summed E-state index contributed by atoms with van der Waals surface area (Å²) in [6.45, 7) is 6.34. The minimum atomic E-state index is -0.593. The van der Waals surface area contributed by atoms with Gasteiger partial charge in [0.2, 0.25) is 11.8 Å². The molecule has 0 saturated heterocycles. The van der Waals surface area contributed by atoms with Crippen molar-refractivity contribution in [2.24, 2.45) is 11.7 Å². The Morgan fingerprint density at radius 2 is 1.96 bits per heavy atom. The summed E-state index contributed by atoms with van der Waals surface area (Å²) in [6.07, 6.45) is 4.19. The first-order valence-electron chi connectivity index (χ1n) is 17.2. The normalized spacial score (nSPS) is 16.3. The van der Waals surface area contributed by atoms with E-state index in [1.54, 1.807) is 13.1 Å². The lowest BCUT2D eigenvalue weighted by Gasteiger charge is -2.20. The Hall–Kier alpha value is -5.07. The molecule has 4 aromatic heterocycles. The zero-order valence-corrected chi connectivity index (χ0v) is 30.6. The van der Waals surface area contributed by atoms with Crippen LogP contribution in [0.5, 0.6) is 11.5 Å². The van der Waals surface area contributed by atoms with Crippen molar-refractivity contribution in [1.82, 2.24) is 20.2 Å². The standard InChI is InChI=1S/C39H36ClFN6O4S/c1-18(2)13-28-32(37(42)48)34(33(39-47-46-19(3)51-39)29(44-28)14-21-17-50-30-16-22(40)5-6-23(21)30)31-15-20-11-12-43-38(36(20)52-31)45-27-10-8-25-24(27)7-9-26(41)35(25)49-4/h5-7,9,11-12,15-16,18,21,27H,8,10,13-14,17H2,1-4H3,(H2,42,48)(H,43,45). The van der Waals surface area contributed by atoms with Crippen molar-refractivity contribution in [3.05, 3.63) is 99.0 Å². The van der Waals surface area contributed by atoms with Crippen molar-refractivity contribution >= 4 is 44.7 Å². The molecule has 2 atom stereocenters. The number of nitrogens with zero attached hydrogens (tertiary/aromatic N) is 4. The molecule has 1 aliphatic carbocycles. The summed E-state index contributed by atoms with van der Waals surface area (Å²) in [5.41, 5.74) is 11.9. The van der Waals surface area contributed by atoms with E-state index >= 15 is 0 Å². The van der Waals surface area contributed by atoms with Gasteiger partial charge in [0.15, 0.2) is 11.6 Å². The topological polar surface area (TPSA) is 138 Å². The minimum absolute atomic E-state index is 0.0366. The molecule has 1 amide bonds. The molecule has 266 valence electrons. The highest BCUT2D eigenvalue weighted by Gasteiger charge is 2.33. The van der Waals surface area contributed by atoms with Crippen LogP contribution in [-0.2, 0) is 19.3 Å². The molecule has 0 saturated carbocycles. The summed E-state index contributed by atoms with van der Waals surface area (Å²) in [6, 6.07) is 12.8. The molecule has 0 spiro atoms. The second-order valence-corrected chi connectivity index (χ2v) is 15.2. The van der Waals surface area contributed by atoms with Crippen molar-refractivity contribution in [2.75, 3.05) is 19.0 Å². The number of carbonyl (C=O) groups excluding carboxylic acids is 1. The maximum absolute atomic E-state index is 14.5. The third-order valence-electron chi connectivity index (χ3n) is 9.73. The van der Waals surface area contributed by atoms with E-state index in [4.69, 9.17) is 41.2 Å². The quantitative estimate of drug-likeness (QED) is 0.141. The van der Waals surface area contributed by atoms with Crippen LogP contribution in [0.25, 0.3) is 32.0 Å². The highest BCUT2D eigenvalue weighted by atomic mass is 35.5. The Bertz CT molecular complexity index is 2380. The average molecular weight is 739 g/mol. The summed E-state index contributed by atoms with van der Waals surface area (Å²) in [5, 5.41) is 13.8. The summed E-state index contributed by atoms with van der Waals surface area (Å²) < 4.78 is 33.0. The predicted octanol–water partition coefficient (Wildman–Crippen LogP) is 8.63. The molecule has 1 aliphatic heterocycles. The van der Waals surface area contributed by atoms with Gasteiger partial charge in [-0.2, -0.15) is 0 Å². The van der Waals surface area contributed by atoms with Crippen LogP contribution in [0.4, 0.5) is 10.2 Å². The van der Waals surface area contributed by atoms with Crippen LogP contribution < -0.4 is 20.5 Å². The van der Waals surface area contributed by atoms with Gasteiger partial charge in [0, 0.05) is 52.0 Å². The number of hydrogen-bond donors (Lipinski definition) is 2. The summed E-state index contributed by atoms with van der Waals surface area (Å²) in [4.78, 5) is 24.3. The molecule has 10 nitrogen and oxygen atoms in total. The van der Waals surface area contributed by atoms with Gasteiger partial charge in [0.05, 0.1) is 47.0 Å². The van der Waals surface area contributed by atoms with E-state index in [0.29, 0.717) is 70.7 Å². The van der Waals surface area contributed by atoms with Crippen LogP contribution in [0.1, 0.15) is 76.6 Å². The number of fused-ring (bicyclic) bond motifs is 3. The third-order valence-corrected chi connectivity index (χ3v) is 11.1. The van der Waals surface area contributed by atoms with E-state index in [9.17, 15) is 9.18 Å². The van der Waals surface area contributed by atoms with Crippen molar-refractivity contribution in [1.29, 1.82) is 0 Å². The molecule has 6 aromatic rings. The number of rotatable bonds is 10. The number of carbonyl (C=O) groups is 1. The number of benzene rings is 2. The number of pyridine rings is 2. The number of thiophene rings is 1. The maximum atomic E-state index is 14.5. The maximum Gasteiger partial charge on any atom is 0.251 e. The van der Waals surface area contributed by atoms with Crippen molar-refractivity contribution in [3.63, 3.8) is 0 Å². The largest absolute Gasteiger partial charge is 0.493 e. The van der Waals surface area contributed by atoms with Gasteiger partial charge >= 0.3 is 0 Å². The van der Waals surface area contributed by atoms with E-state index < -0.39 is 5.91 Å². The second kappa shape index (κ2) is 13.5. The van der Waals surface area contributed by atoms with Crippen molar-refractivity contribution in [2.45, 2.75) is 58.4 Å². The van der Waals surface area contributed by atoms with E-state index in [1.165, 1.54) is 24.5 Å². The number of aryl methyl sites for hydroxylation is 1. The Morgan fingerprint density at radius 3 is 2.71 bits per heavy atom. The highest BCUT2D eigenvalue weighted by molar-refractivity contribution is 7.23. The number of amides is 1. The molecule has 5 heterocycles. The van der Waals surface area contributed by atoms with Crippen LogP contribution in [-0.4, -0.2) is 39.8 Å². The Balaban J connectivity index is 1.30. The molecule has 2 unspecified atom stereocenters. The van der Waals surface area contributed by atoms with Gasteiger partial charge in [-0.25, -0.2) is 9.37 Å². The lowest BCUT2D eigenvalue weighted by atomic mass is 9.88. The average Bonchev–Trinajstić information content (AvgIpc) is 3.91. The lowest BCUT2D eigenvalue weighted by molar-refractivity contribution is 0.0999. The SMILES string of the molecule is COc1c(F)ccc2c1CCC2Nc1nccc2cc(-c3c(C(N)=O)c(CC(C)C)nc(CC4COc5cc(Cl)ccc54)c3-c3nnc(C)o3)sc12.